The summed E-state index contributed by atoms with van der Waals surface area (Å²) in [4.78, 5) is 289. The number of benzene rings is 2. The van der Waals surface area contributed by atoms with Gasteiger partial charge in [0.1, 0.15) is 102 Å². The molecule has 0 bridgehead atoms. The second-order valence-electron chi connectivity index (χ2n) is 36.0. The minimum Gasteiger partial charge on any atom is -0.507 e. The first-order chi connectivity index (χ1) is 67.9. The number of aliphatic hydroxyl groups excluding tert-OH is 2. The molecule has 0 fully saturated rings. The second kappa shape index (κ2) is 64.9. The molecule has 2 aromatic rings. The van der Waals surface area contributed by atoms with Crippen LogP contribution in [0.3, 0.4) is 0 Å². The van der Waals surface area contributed by atoms with Crippen LogP contribution in [0.2, 0.25) is 0 Å². The van der Waals surface area contributed by atoms with Gasteiger partial charge in [-0.25, -0.2) is 0 Å². The molecular weight excluding hydrogens is 2020 g/mol. The van der Waals surface area contributed by atoms with E-state index in [4.69, 9.17) is 50.6 Å². The largest absolute Gasteiger partial charge is 0.507 e. The molecule has 0 radical (unpaired) electrons. The lowest BCUT2D eigenvalue weighted by atomic mass is 9.99. The Morgan fingerprint density at radius 1 is 0.352 bits per heavy atom. The fraction of sp³-hybridized carbons (Fsp3) is 0.596. The normalized spacial score (nSPS) is 14.6. The molecule has 0 spiro atoms. The van der Waals surface area contributed by atoms with Crippen LogP contribution >= 0.6 is 22.6 Å². The topological polar surface area (TPSA) is 936 Å². The monoisotopic (exact) mass is 2160 g/mol. The lowest BCUT2D eigenvalue weighted by molar-refractivity contribution is -0.142. The number of nitrogens with one attached hydrogen (secondary N) is 22. The molecule has 55 nitrogen and oxygen atoms in total. The summed E-state index contributed by atoms with van der Waals surface area (Å²) >= 11 is 1.84. The maximum atomic E-state index is 14.8. The van der Waals surface area contributed by atoms with Crippen molar-refractivity contribution in [3.63, 3.8) is 0 Å². The van der Waals surface area contributed by atoms with Crippen LogP contribution in [0.4, 0.5) is 0 Å². The number of hydrogen-bond acceptors (Lipinski definition) is 28. The van der Waals surface area contributed by atoms with Gasteiger partial charge in [-0.15, -0.1) is 0 Å². The summed E-state index contributed by atoms with van der Waals surface area (Å²) in [5.41, 5.74) is 33.3. The number of carboxylic acid groups (broad SMARTS) is 3. The quantitative estimate of drug-likeness (QED) is 0.0127. The van der Waals surface area contributed by atoms with Gasteiger partial charge in [0.2, 0.25) is 106 Å². The fourth-order valence-electron chi connectivity index (χ4n) is 14.1. The highest BCUT2D eigenvalue weighted by molar-refractivity contribution is 14.1. The van der Waals surface area contributed by atoms with E-state index in [1.54, 1.807) is 59.7 Å². The fourth-order valence-corrected chi connectivity index (χ4v) is 14.7. The van der Waals surface area contributed by atoms with Gasteiger partial charge in [-0.05, 0) is 154 Å². The van der Waals surface area contributed by atoms with E-state index in [1.807, 2.05) is 22.6 Å². The lowest BCUT2D eigenvalue weighted by Crippen LogP contribution is -2.62. The van der Waals surface area contributed by atoms with Gasteiger partial charge >= 0.3 is 17.9 Å². The Labute approximate surface area is 850 Å². The van der Waals surface area contributed by atoms with Crippen LogP contribution in [0.25, 0.3) is 0 Å². The standard InChI is InChI=1S/C89H143IN28O27/c1-41(2)31-55(77(135)105-50(19-14-28-100-87(94)95)71(129)112-59(76(134)103-45(9)86(144)145)36-48-22-25-63(121)49(90)34-48)110-79(137)57(33-43(5)6)114-85(143)70(46(10)120)118-75(133)52(21-16-30-102-89(98)99)106-78(136)56(32-42(3)4)111-82(140)61(38-68(127)128)115-84(142)69(44(7)8)117-74(132)51(20-15-29-101-88(96)97)107-80(138)58(35-47-17-12-11-13-18-47)113-83(141)62(40-119)116-73(131)53(23-26-64(92)122)108-72(130)54(24-27-67(125)126)109-81(139)60(37-65(93)123)104-66(124)39-91/h11-13,17-18,22,25,34,41-46,50-62,69-70,119-121H,14-16,19-21,23-24,26-33,35-40,91H2,1-10H3,(H2,92,122)(H2,93,123)(H,103,134)(H,104,124)(H,105,135)(H,106,136)(H,107,138)(H,108,130)(H,109,139)(H,110,137)(H,111,140)(H,112,129)(H,113,141)(H,114,143)(H,115,142)(H,116,131)(H,117,132)(H,118,133)(H,125,126)(H,127,128)(H,144,145)(H4,94,95,100)(H4,96,97,101)(H4,98,99,102)/t45-,46?,50?,51-,52-,53-,54-,55-,56-,57-,58-,59-,60-,61-,62-,69-,70-/m0/s1. The average molecular weight is 2160 g/mol. The summed E-state index contributed by atoms with van der Waals surface area (Å²) in [6.07, 6.45) is -8.80. The number of amides is 18. The van der Waals surface area contributed by atoms with E-state index in [2.05, 4.69) is 101 Å². The van der Waals surface area contributed by atoms with Gasteiger partial charge in [0, 0.05) is 45.3 Å². The first kappa shape index (κ1) is 127. The molecule has 40 N–H and O–H groups in total. The van der Waals surface area contributed by atoms with Crippen LogP contribution in [-0.4, -0.2) is 308 Å². The third-order valence-corrected chi connectivity index (χ3v) is 22.4. The van der Waals surface area contributed by atoms with Crippen molar-refractivity contribution in [2.45, 2.75) is 281 Å². The van der Waals surface area contributed by atoms with Gasteiger partial charge in [0.05, 0.1) is 35.7 Å². The predicted molar refractivity (Wildman–Crippen MR) is 529 cm³/mol. The highest BCUT2D eigenvalue weighted by atomic mass is 127. The number of nitrogens with two attached hydrogens (primary N) is 6. The first-order valence-corrected chi connectivity index (χ1v) is 47.8. The van der Waals surface area contributed by atoms with Gasteiger partial charge in [0.25, 0.3) is 0 Å². The van der Waals surface area contributed by atoms with Gasteiger partial charge in [0.15, 0.2) is 17.9 Å². The zero-order valence-corrected chi connectivity index (χ0v) is 84.6. The molecule has 0 saturated heterocycles. The van der Waals surface area contributed by atoms with E-state index < -0.39 is 321 Å². The Hall–Kier alpha value is -14.5. The number of aromatic hydroxyl groups is 1. The molecule has 0 heterocycles. The molecule has 808 valence electrons. The zero-order valence-electron chi connectivity index (χ0n) is 82.4. The Morgan fingerprint density at radius 2 is 0.676 bits per heavy atom. The molecule has 2 rings (SSSR count). The highest BCUT2D eigenvalue weighted by Crippen LogP contribution is 2.23. The van der Waals surface area contributed by atoms with Crippen LogP contribution in [0.15, 0.2) is 48.5 Å². The molecule has 0 aliphatic heterocycles. The summed E-state index contributed by atoms with van der Waals surface area (Å²) in [6.45, 7) is 13.0. The third-order valence-electron chi connectivity index (χ3n) is 21.6. The van der Waals surface area contributed by atoms with E-state index >= 15 is 0 Å². The van der Waals surface area contributed by atoms with E-state index in [0.717, 1.165) is 6.92 Å². The molecule has 0 aliphatic carbocycles. The number of carbonyl (C=O) groups is 21. The van der Waals surface area contributed by atoms with Gasteiger partial charge < -0.3 is 166 Å². The first-order valence-electron chi connectivity index (χ1n) is 46.7. The number of halogens is 1. The van der Waals surface area contributed by atoms with Crippen molar-refractivity contribution in [2.75, 3.05) is 32.8 Å². The number of hydrogen-bond donors (Lipinski definition) is 34. The van der Waals surface area contributed by atoms with Crippen molar-refractivity contribution < 1.29 is 131 Å². The Bertz CT molecular complexity index is 4820. The minimum atomic E-state index is -2.09. The number of rotatable bonds is 68. The Kier molecular flexibility index (Phi) is 56.7. The van der Waals surface area contributed by atoms with E-state index in [1.165, 1.54) is 51.1 Å². The molecular formula is C89H143IN28O27. The van der Waals surface area contributed by atoms with Crippen molar-refractivity contribution in [3.05, 3.63) is 63.2 Å². The van der Waals surface area contributed by atoms with E-state index in [-0.39, 0.29) is 95.5 Å². The number of aliphatic carboxylic acids is 3. The molecule has 2 unspecified atom stereocenters. The number of phenolic OH excluding ortho intramolecular Hbond substituents is 1. The van der Waals surface area contributed by atoms with Crippen molar-refractivity contribution in [3.8, 4) is 5.75 Å². The highest BCUT2D eigenvalue weighted by Gasteiger charge is 2.42. The predicted octanol–water partition coefficient (Wildman–Crippen LogP) is -8.96. The maximum Gasteiger partial charge on any atom is 0.325 e. The molecule has 0 aliphatic rings. The van der Waals surface area contributed by atoms with Crippen LogP contribution in [-0.2, 0) is 114 Å². The summed E-state index contributed by atoms with van der Waals surface area (Å²) in [5, 5.41) is 131. The second-order valence-corrected chi connectivity index (χ2v) is 37.2. The Balaban J connectivity index is 2.65. The number of guanidine groups is 3. The molecule has 2 aromatic carbocycles. The molecule has 17 atom stereocenters. The third kappa shape index (κ3) is 49.9. The van der Waals surface area contributed by atoms with E-state index in [9.17, 15) is 131 Å². The molecule has 145 heavy (non-hydrogen) atoms. The Morgan fingerprint density at radius 3 is 1.03 bits per heavy atom. The summed E-state index contributed by atoms with van der Waals surface area (Å²) in [5.74, 6) is -28.7. The molecule has 18 amide bonds. The van der Waals surface area contributed by atoms with Crippen molar-refractivity contribution >= 4 is 165 Å². The zero-order chi connectivity index (χ0) is 110. The van der Waals surface area contributed by atoms with Crippen molar-refractivity contribution in [2.24, 2.45) is 58.1 Å². The van der Waals surface area contributed by atoms with Crippen molar-refractivity contribution in [1.82, 2.24) is 101 Å². The van der Waals surface area contributed by atoms with Crippen molar-refractivity contribution in [1.29, 1.82) is 16.2 Å². The van der Waals surface area contributed by atoms with Gasteiger partial charge in [-0.1, -0.05) is 91.8 Å². The van der Waals surface area contributed by atoms with Crippen LogP contribution < -0.4 is 135 Å². The van der Waals surface area contributed by atoms with Crippen LogP contribution in [0.1, 0.15) is 177 Å². The van der Waals surface area contributed by atoms with Crippen LogP contribution in [0, 0.1) is 43.5 Å². The number of carbonyl (C=O) groups excluding carboxylic acids is 18. The maximum absolute atomic E-state index is 14.8. The summed E-state index contributed by atoms with van der Waals surface area (Å²) in [6, 6.07) is -15.6. The number of primary amides is 2. The van der Waals surface area contributed by atoms with Crippen LogP contribution in [0.5, 0.6) is 5.75 Å². The summed E-state index contributed by atoms with van der Waals surface area (Å²) < 4.78 is 0.377. The smallest absolute Gasteiger partial charge is 0.325 e. The SMILES string of the molecule is CC(C)C[C@H](NC(=O)[C@H](CC(C)C)NC(=O)[C@@H](NC(=O)[C@H](CCCNC(=N)N)NC(=O)[C@H](CC(C)C)NC(=O)[C@H](CC(=O)O)NC(=O)[C@@H](NC(=O)[C@H](CCCNC(=N)N)NC(=O)[C@H](Cc1ccccc1)NC(=O)[C@H](CO)NC(=O)[C@H](CCC(N)=O)NC(=O)[C@H](CCC(=O)O)NC(=O)[C@H](CC(N)=O)NC(=O)CN)C(C)C)C(C)O)C(=O)NC(CCCNC(=N)N)C(=O)N[C@@H](Cc1ccc(O)c(I)c1)C(=O)N[C@@H](C)C(=O)O. The molecule has 0 saturated carbocycles. The molecule has 56 heteroatoms. The molecule has 0 aromatic heterocycles. The lowest BCUT2D eigenvalue weighted by Gasteiger charge is -2.30. The van der Waals surface area contributed by atoms with Gasteiger partial charge in [-0.2, -0.15) is 0 Å². The number of aliphatic hydroxyl groups is 2. The number of phenols is 1. The summed E-state index contributed by atoms with van der Waals surface area (Å²) in [7, 11) is 0. The average Bonchev–Trinajstić information content (AvgIpc) is 0.844. The minimum absolute atomic E-state index is 0.00927. The van der Waals surface area contributed by atoms with E-state index in [0.29, 0.717) is 14.7 Å². The van der Waals surface area contributed by atoms with Gasteiger partial charge in [-0.3, -0.25) is 117 Å². The number of carboxylic acids is 3.